The Bertz CT molecular complexity index is 1170. The molecule has 0 saturated heterocycles. The molecule has 3 N–H and O–H groups in total. The molecule has 0 radical (unpaired) electrons. The minimum Gasteiger partial charge on any atom is -0.449 e. The highest BCUT2D eigenvalue weighted by atomic mass is 16.5. The second-order valence-corrected chi connectivity index (χ2v) is 9.31. The van der Waals surface area contributed by atoms with Crippen molar-refractivity contribution in [2.24, 2.45) is 5.92 Å². The number of hydrogen-bond acceptors (Lipinski definition) is 5. The lowest BCUT2D eigenvalue weighted by atomic mass is 9.98. The topological polar surface area (TPSA) is 95.9 Å². The Morgan fingerprint density at radius 1 is 0.886 bits per heavy atom. The summed E-state index contributed by atoms with van der Waals surface area (Å²) in [5.41, 5.74) is 5.79. The zero-order chi connectivity index (χ0) is 24.4. The molecule has 3 aromatic rings. The molecule has 2 aliphatic carbocycles. The highest BCUT2D eigenvalue weighted by Crippen LogP contribution is 2.44. The number of hydrogen-bond donors (Lipinski definition) is 3. The summed E-state index contributed by atoms with van der Waals surface area (Å²) in [6.45, 7) is 0.379. The second-order valence-electron chi connectivity index (χ2n) is 9.31. The molecule has 35 heavy (non-hydrogen) atoms. The number of carbonyl (C=O) groups excluding carboxylic acids is 2. The van der Waals surface area contributed by atoms with E-state index in [4.69, 9.17) is 4.74 Å². The third kappa shape index (κ3) is 4.99. The number of carbonyl (C=O) groups is 2. The highest BCUT2D eigenvalue weighted by Gasteiger charge is 2.31. The summed E-state index contributed by atoms with van der Waals surface area (Å²) in [5.74, 6) is 0.259. The minimum atomic E-state index is -1.11. The van der Waals surface area contributed by atoms with Crippen LogP contribution in [0.3, 0.4) is 0 Å². The van der Waals surface area contributed by atoms with E-state index in [-0.39, 0.29) is 37.2 Å². The lowest BCUT2D eigenvalue weighted by Crippen LogP contribution is -2.30. The van der Waals surface area contributed by atoms with Gasteiger partial charge >= 0.3 is 6.09 Å². The zero-order valence-electron chi connectivity index (χ0n) is 19.4. The van der Waals surface area contributed by atoms with Gasteiger partial charge in [0.15, 0.2) is 5.78 Å². The second kappa shape index (κ2) is 10.0. The maximum absolute atomic E-state index is 12.3. The van der Waals surface area contributed by atoms with Crippen LogP contribution in [0.1, 0.15) is 58.3 Å². The molecule has 2 aliphatic rings. The van der Waals surface area contributed by atoms with Crippen molar-refractivity contribution in [1.29, 1.82) is 0 Å². The molecular formula is C29H29NO5. The van der Waals surface area contributed by atoms with Crippen LogP contribution >= 0.6 is 0 Å². The smallest absolute Gasteiger partial charge is 0.407 e. The molecule has 1 saturated carbocycles. The number of benzene rings is 3. The molecule has 180 valence electrons. The van der Waals surface area contributed by atoms with E-state index in [1.165, 1.54) is 11.1 Å². The molecule has 3 aromatic carbocycles. The fourth-order valence-electron chi connectivity index (χ4n) is 4.78. The van der Waals surface area contributed by atoms with Crippen LogP contribution in [0.2, 0.25) is 0 Å². The Morgan fingerprint density at radius 3 is 2.09 bits per heavy atom. The largest absolute Gasteiger partial charge is 0.449 e. The van der Waals surface area contributed by atoms with Gasteiger partial charge in [-0.05, 0) is 47.1 Å². The minimum absolute atomic E-state index is 0.0182. The summed E-state index contributed by atoms with van der Waals surface area (Å²) in [7, 11) is 0. The molecule has 0 spiro atoms. The van der Waals surface area contributed by atoms with Gasteiger partial charge < -0.3 is 20.3 Å². The summed E-state index contributed by atoms with van der Waals surface area (Å²) < 4.78 is 5.50. The van der Waals surface area contributed by atoms with Crippen molar-refractivity contribution in [3.63, 3.8) is 0 Å². The number of ether oxygens (including phenoxy) is 1. The van der Waals surface area contributed by atoms with E-state index in [2.05, 4.69) is 29.6 Å². The molecule has 0 aliphatic heterocycles. The Hall–Kier alpha value is -3.48. The molecule has 0 heterocycles. The first-order chi connectivity index (χ1) is 17.0. The van der Waals surface area contributed by atoms with E-state index in [9.17, 15) is 19.8 Å². The van der Waals surface area contributed by atoms with Crippen LogP contribution in [0.5, 0.6) is 0 Å². The average Bonchev–Trinajstić information content (AvgIpc) is 3.69. The molecule has 0 aromatic heterocycles. The molecule has 1 fully saturated rings. The monoisotopic (exact) mass is 471 g/mol. The maximum Gasteiger partial charge on any atom is 0.407 e. The van der Waals surface area contributed by atoms with Crippen molar-refractivity contribution in [2.75, 3.05) is 13.2 Å². The summed E-state index contributed by atoms with van der Waals surface area (Å²) >= 11 is 0. The maximum atomic E-state index is 12.3. The number of alkyl carbamates (subject to hydrolysis) is 1. The van der Waals surface area contributed by atoms with E-state index in [0.29, 0.717) is 11.1 Å². The molecule has 6 nitrogen and oxygen atoms in total. The average molecular weight is 472 g/mol. The van der Waals surface area contributed by atoms with E-state index in [1.54, 1.807) is 24.3 Å². The quantitative estimate of drug-likeness (QED) is 0.397. The molecule has 2 unspecified atom stereocenters. The van der Waals surface area contributed by atoms with Crippen LogP contribution in [0, 0.1) is 5.92 Å². The van der Waals surface area contributed by atoms with Crippen molar-refractivity contribution >= 4 is 11.9 Å². The third-order valence-corrected chi connectivity index (χ3v) is 6.90. The van der Waals surface area contributed by atoms with E-state index in [1.807, 2.05) is 24.3 Å². The van der Waals surface area contributed by atoms with Gasteiger partial charge in [0, 0.05) is 23.9 Å². The van der Waals surface area contributed by atoms with Crippen LogP contribution in [0.25, 0.3) is 11.1 Å². The fraction of sp³-hybridized carbons (Fsp3) is 0.310. The van der Waals surface area contributed by atoms with Crippen molar-refractivity contribution in [3.8, 4) is 11.1 Å². The van der Waals surface area contributed by atoms with Crippen molar-refractivity contribution in [3.05, 3.63) is 95.1 Å². The first kappa shape index (κ1) is 23.3. The van der Waals surface area contributed by atoms with Crippen molar-refractivity contribution in [2.45, 2.75) is 37.4 Å². The number of aliphatic hydroxyl groups is 2. The van der Waals surface area contributed by atoms with Crippen LogP contribution in [-0.2, 0) is 4.74 Å². The van der Waals surface area contributed by atoms with E-state index >= 15 is 0 Å². The molecule has 2 atom stereocenters. The van der Waals surface area contributed by atoms with Gasteiger partial charge in [-0.1, -0.05) is 72.8 Å². The third-order valence-electron chi connectivity index (χ3n) is 6.90. The normalized spacial score (nSPS) is 16.2. The van der Waals surface area contributed by atoms with Gasteiger partial charge in [-0.3, -0.25) is 4.79 Å². The van der Waals surface area contributed by atoms with Gasteiger partial charge in [0.1, 0.15) is 12.7 Å². The number of fused-ring (bicyclic) bond motifs is 3. The number of amides is 1. The first-order valence-electron chi connectivity index (χ1n) is 12.1. The number of rotatable bonds is 9. The predicted octanol–water partition coefficient (Wildman–Crippen LogP) is 4.60. The predicted molar refractivity (Wildman–Crippen MR) is 132 cm³/mol. The molecule has 5 rings (SSSR count). The van der Waals surface area contributed by atoms with Gasteiger partial charge in [-0.15, -0.1) is 0 Å². The molecular weight excluding hydrogens is 442 g/mol. The van der Waals surface area contributed by atoms with Crippen molar-refractivity contribution in [1.82, 2.24) is 5.32 Å². The Balaban J connectivity index is 1.09. The van der Waals surface area contributed by atoms with Crippen LogP contribution in [-0.4, -0.2) is 41.3 Å². The van der Waals surface area contributed by atoms with Crippen LogP contribution in [0.4, 0.5) is 4.79 Å². The molecule has 6 heteroatoms. The van der Waals surface area contributed by atoms with Gasteiger partial charge in [0.2, 0.25) is 0 Å². The van der Waals surface area contributed by atoms with Crippen LogP contribution in [0.15, 0.2) is 72.8 Å². The first-order valence-corrected chi connectivity index (χ1v) is 12.1. The standard InChI is InChI=1S/C29H29NO5/c31-26(28(33)20-13-11-19(12-14-20)27(32)18-9-10-18)15-16-30-29(34)35-17-25-23-7-3-1-5-21(23)22-6-2-4-8-24(22)25/h1-8,11-14,18,25-26,28,31,33H,9-10,15-17H2,(H,30,34). The van der Waals surface area contributed by atoms with Gasteiger partial charge in [-0.2, -0.15) is 0 Å². The number of Topliss-reactive ketones (excluding diaryl/α,β-unsaturated/α-hetero) is 1. The summed E-state index contributed by atoms with van der Waals surface area (Å²) in [5, 5.41) is 23.5. The van der Waals surface area contributed by atoms with Gasteiger partial charge in [0.05, 0.1) is 6.10 Å². The summed E-state index contributed by atoms with van der Waals surface area (Å²) in [6, 6.07) is 23.0. The Morgan fingerprint density at radius 2 is 1.49 bits per heavy atom. The van der Waals surface area contributed by atoms with E-state index in [0.717, 1.165) is 24.0 Å². The molecule has 0 bridgehead atoms. The molecule has 1 amide bonds. The number of aliphatic hydroxyl groups excluding tert-OH is 2. The van der Waals surface area contributed by atoms with Crippen LogP contribution < -0.4 is 5.32 Å². The number of ketones is 1. The fourth-order valence-corrected chi connectivity index (χ4v) is 4.78. The summed E-state index contributed by atoms with van der Waals surface area (Å²) in [4.78, 5) is 24.4. The Labute approximate surface area is 204 Å². The van der Waals surface area contributed by atoms with E-state index < -0.39 is 18.3 Å². The Kier molecular flexibility index (Phi) is 6.66. The lowest BCUT2D eigenvalue weighted by Gasteiger charge is -2.19. The van der Waals surface area contributed by atoms with Crippen molar-refractivity contribution < 1.29 is 24.5 Å². The highest BCUT2D eigenvalue weighted by molar-refractivity contribution is 5.99. The number of nitrogens with one attached hydrogen (secondary N) is 1. The lowest BCUT2D eigenvalue weighted by molar-refractivity contribution is 0.0136. The van der Waals surface area contributed by atoms with Gasteiger partial charge in [0.25, 0.3) is 0 Å². The van der Waals surface area contributed by atoms with Gasteiger partial charge in [-0.25, -0.2) is 4.79 Å². The SMILES string of the molecule is O=C(NCCC(O)C(O)c1ccc(C(=O)C2CC2)cc1)OCC1c2ccccc2-c2ccccc21. The zero-order valence-corrected chi connectivity index (χ0v) is 19.4. The summed E-state index contributed by atoms with van der Waals surface area (Å²) in [6.07, 6.45) is -0.680.